The number of hydrogen-bond acceptors (Lipinski definition) is 4. The number of halogens is 2. The third-order valence-corrected chi connectivity index (χ3v) is 3.67. The molecule has 3 aromatic rings. The zero-order chi connectivity index (χ0) is 16.9. The van der Waals surface area contributed by atoms with Crippen molar-refractivity contribution in [2.45, 2.75) is 0 Å². The van der Waals surface area contributed by atoms with Gasteiger partial charge in [0.1, 0.15) is 17.8 Å². The van der Waals surface area contributed by atoms with Crippen molar-refractivity contribution in [3.63, 3.8) is 0 Å². The maximum atomic E-state index is 12.3. The molecule has 24 heavy (non-hydrogen) atoms. The first kappa shape index (κ1) is 16.2. The van der Waals surface area contributed by atoms with Gasteiger partial charge in [0.2, 0.25) is 0 Å². The lowest BCUT2D eigenvalue weighted by atomic mass is 10.3. The molecule has 5 nitrogen and oxygen atoms in total. The van der Waals surface area contributed by atoms with Gasteiger partial charge in [0.05, 0.1) is 10.7 Å². The van der Waals surface area contributed by atoms with Crippen molar-refractivity contribution in [1.82, 2.24) is 9.97 Å². The highest BCUT2D eigenvalue weighted by molar-refractivity contribution is 6.36. The Hall–Kier alpha value is -2.63. The summed E-state index contributed by atoms with van der Waals surface area (Å²) in [6.45, 7) is 0. The lowest BCUT2D eigenvalue weighted by Gasteiger charge is -2.09. The number of aromatic nitrogens is 2. The van der Waals surface area contributed by atoms with Gasteiger partial charge in [-0.3, -0.25) is 4.79 Å². The Labute approximate surface area is 148 Å². The summed E-state index contributed by atoms with van der Waals surface area (Å²) < 4.78 is 0. The molecule has 120 valence electrons. The molecule has 0 saturated carbocycles. The lowest BCUT2D eigenvalue weighted by Crippen LogP contribution is -2.14. The zero-order valence-corrected chi connectivity index (χ0v) is 13.8. The van der Waals surface area contributed by atoms with Crippen LogP contribution in [0.15, 0.2) is 60.9 Å². The maximum absolute atomic E-state index is 12.3. The van der Waals surface area contributed by atoms with Gasteiger partial charge in [-0.05, 0) is 30.3 Å². The fraction of sp³-hybridized carbons (Fsp3) is 0. The van der Waals surface area contributed by atoms with E-state index in [1.165, 1.54) is 6.33 Å². The van der Waals surface area contributed by atoms with Gasteiger partial charge in [-0.15, -0.1) is 0 Å². The van der Waals surface area contributed by atoms with Gasteiger partial charge in [-0.2, -0.15) is 0 Å². The van der Waals surface area contributed by atoms with Crippen LogP contribution in [0.2, 0.25) is 10.0 Å². The predicted molar refractivity (Wildman–Crippen MR) is 96.2 cm³/mol. The van der Waals surface area contributed by atoms with Crippen molar-refractivity contribution in [1.29, 1.82) is 0 Å². The minimum absolute atomic E-state index is 0.237. The Balaban J connectivity index is 1.77. The molecule has 0 saturated heterocycles. The first-order chi connectivity index (χ1) is 11.6. The third kappa shape index (κ3) is 4.01. The van der Waals surface area contributed by atoms with Crippen molar-refractivity contribution in [2.24, 2.45) is 0 Å². The number of nitrogens with one attached hydrogen (secondary N) is 2. The molecular weight excluding hydrogens is 347 g/mol. The normalized spacial score (nSPS) is 10.2. The van der Waals surface area contributed by atoms with Crippen molar-refractivity contribution >= 4 is 46.3 Å². The van der Waals surface area contributed by atoms with E-state index in [4.69, 9.17) is 23.2 Å². The second kappa shape index (κ2) is 7.29. The Morgan fingerprint density at radius 3 is 2.50 bits per heavy atom. The Morgan fingerprint density at radius 2 is 1.75 bits per heavy atom. The number of carbonyl (C=O) groups is 1. The number of amides is 1. The van der Waals surface area contributed by atoms with E-state index in [0.29, 0.717) is 27.2 Å². The van der Waals surface area contributed by atoms with E-state index < -0.39 is 0 Å². The first-order valence-electron chi connectivity index (χ1n) is 7.02. The SMILES string of the molecule is O=C(Nc1ccccc1)c1cc(Nc2ccc(Cl)cc2Cl)ncn1. The molecule has 1 amide bonds. The van der Waals surface area contributed by atoms with Gasteiger partial charge >= 0.3 is 0 Å². The minimum Gasteiger partial charge on any atom is -0.339 e. The molecule has 0 spiro atoms. The predicted octanol–water partition coefficient (Wildman–Crippen LogP) is 4.78. The second-order valence-corrected chi connectivity index (χ2v) is 5.70. The highest BCUT2D eigenvalue weighted by atomic mass is 35.5. The van der Waals surface area contributed by atoms with E-state index in [0.717, 1.165) is 0 Å². The molecule has 2 aromatic carbocycles. The molecule has 7 heteroatoms. The van der Waals surface area contributed by atoms with Crippen LogP contribution in [0.4, 0.5) is 17.2 Å². The van der Waals surface area contributed by atoms with Crippen molar-refractivity contribution < 1.29 is 4.79 Å². The molecule has 1 heterocycles. The second-order valence-electron chi connectivity index (χ2n) is 4.86. The van der Waals surface area contributed by atoms with Crippen LogP contribution in [0.1, 0.15) is 10.5 Å². The van der Waals surface area contributed by atoms with E-state index in [9.17, 15) is 4.79 Å². The molecule has 0 aliphatic carbocycles. The molecule has 3 rings (SSSR count). The molecule has 0 aliphatic rings. The number of benzene rings is 2. The largest absolute Gasteiger partial charge is 0.339 e. The molecular formula is C17H12Cl2N4O. The average Bonchev–Trinajstić information content (AvgIpc) is 2.59. The van der Waals surface area contributed by atoms with Crippen LogP contribution in [-0.4, -0.2) is 15.9 Å². The molecule has 0 bridgehead atoms. The number of carbonyl (C=O) groups excluding carboxylic acids is 1. The molecule has 0 fully saturated rings. The highest BCUT2D eigenvalue weighted by Gasteiger charge is 2.10. The molecule has 0 radical (unpaired) electrons. The standard InChI is InChI=1S/C17H12Cl2N4O/c18-11-6-7-14(13(19)8-11)23-16-9-15(20-10-21-16)17(24)22-12-4-2-1-3-5-12/h1-10H,(H,22,24)(H,20,21,23). The molecule has 0 unspecified atom stereocenters. The summed E-state index contributed by atoms with van der Waals surface area (Å²) in [6, 6.07) is 15.8. The summed E-state index contributed by atoms with van der Waals surface area (Å²) in [6.07, 6.45) is 1.31. The fourth-order valence-corrected chi connectivity index (χ4v) is 2.45. The quantitative estimate of drug-likeness (QED) is 0.704. The van der Waals surface area contributed by atoms with Crippen molar-refractivity contribution in [2.75, 3.05) is 10.6 Å². The van der Waals surface area contributed by atoms with Gasteiger partial charge in [-0.1, -0.05) is 41.4 Å². The monoisotopic (exact) mass is 358 g/mol. The van der Waals surface area contributed by atoms with Gasteiger partial charge in [0.15, 0.2) is 0 Å². The third-order valence-electron chi connectivity index (χ3n) is 3.13. The van der Waals surface area contributed by atoms with Crippen LogP contribution >= 0.6 is 23.2 Å². The van der Waals surface area contributed by atoms with Gasteiger partial charge < -0.3 is 10.6 Å². The van der Waals surface area contributed by atoms with E-state index in [2.05, 4.69) is 20.6 Å². The molecule has 1 aromatic heterocycles. The fourth-order valence-electron chi connectivity index (χ4n) is 2.00. The van der Waals surface area contributed by atoms with Crippen molar-refractivity contribution in [3.8, 4) is 0 Å². The summed E-state index contributed by atoms with van der Waals surface area (Å²) in [4.78, 5) is 20.3. The van der Waals surface area contributed by atoms with Crippen LogP contribution in [0.25, 0.3) is 0 Å². The summed E-state index contributed by atoms with van der Waals surface area (Å²) in [5.41, 5.74) is 1.56. The van der Waals surface area contributed by atoms with E-state index >= 15 is 0 Å². The number of anilines is 3. The summed E-state index contributed by atoms with van der Waals surface area (Å²) >= 11 is 12.0. The summed E-state index contributed by atoms with van der Waals surface area (Å²) in [5.74, 6) is 0.126. The van der Waals surface area contributed by atoms with Crippen LogP contribution in [0.3, 0.4) is 0 Å². The van der Waals surface area contributed by atoms with Gasteiger partial charge in [-0.25, -0.2) is 9.97 Å². The number of nitrogens with zero attached hydrogens (tertiary/aromatic N) is 2. The lowest BCUT2D eigenvalue weighted by molar-refractivity contribution is 0.102. The topological polar surface area (TPSA) is 66.9 Å². The van der Waals surface area contributed by atoms with Gasteiger partial charge in [0.25, 0.3) is 5.91 Å². The van der Waals surface area contributed by atoms with Crippen LogP contribution in [0.5, 0.6) is 0 Å². The van der Waals surface area contributed by atoms with Crippen LogP contribution in [0, 0.1) is 0 Å². The zero-order valence-electron chi connectivity index (χ0n) is 12.3. The molecule has 0 atom stereocenters. The van der Waals surface area contributed by atoms with E-state index in [1.807, 2.05) is 18.2 Å². The van der Waals surface area contributed by atoms with Crippen LogP contribution in [-0.2, 0) is 0 Å². The first-order valence-corrected chi connectivity index (χ1v) is 7.78. The molecule has 2 N–H and O–H groups in total. The Bertz CT molecular complexity index is 871. The Kier molecular flexibility index (Phi) is 4.93. The minimum atomic E-state index is -0.325. The van der Waals surface area contributed by atoms with Crippen molar-refractivity contribution in [3.05, 3.63) is 76.7 Å². The van der Waals surface area contributed by atoms with E-state index in [-0.39, 0.29) is 11.6 Å². The van der Waals surface area contributed by atoms with Gasteiger partial charge in [0, 0.05) is 16.8 Å². The number of hydrogen-bond donors (Lipinski definition) is 2. The summed E-state index contributed by atoms with van der Waals surface area (Å²) in [5, 5.41) is 6.80. The summed E-state index contributed by atoms with van der Waals surface area (Å²) in [7, 11) is 0. The average molecular weight is 359 g/mol. The van der Waals surface area contributed by atoms with Crippen LogP contribution < -0.4 is 10.6 Å². The maximum Gasteiger partial charge on any atom is 0.274 e. The smallest absolute Gasteiger partial charge is 0.274 e. The number of para-hydroxylation sites is 1. The Morgan fingerprint density at radius 1 is 0.958 bits per heavy atom. The van der Waals surface area contributed by atoms with E-state index in [1.54, 1.807) is 36.4 Å². The number of rotatable bonds is 4. The highest BCUT2D eigenvalue weighted by Crippen LogP contribution is 2.27. The molecule has 0 aliphatic heterocycles.